The van der Waals surface area contributed by atoms with E-state index in [0.29, 0.717) is 18.8 Å². The number of rotatable bonds is 5. The van der Waals surface area contributed by atoms with Crippen LogP contribution in [0.4, 0.5) is 0 Å². The fourth-order valence-electron chi connectivity index (χ4n) is 2.45. The Kier molecular flexibility index (Phi) is 4.05. The summed E-state index contributed by atoms with van der Waals surface area (Å²) in [5, 5.41) is 0. The minimum atomic E-state index is -0.325. The van der Waals surface area contributed by atoms with Gasteiger partial charge in [-0.05, 0) is 18.9 Å². The van der Waals surface area contributed by atoms with E-state index in [1.165, 1.54) is 5.56 Å². The normalized spacial score (nSPS) is 18.2. The first-order valence-electron chi connectivity index (χ1n) is 6.60. The van der Waals surface area contributed by atoms with Gasteiger partial charge in [0.1, 0.15) is 6.10 Å². The third kappa shape index (κ3) is 2.56. The Morgan fingerprint density at radius 2 is 2.05 bits per heavy atom. The highest BCUT2D eigenvalue weighted by Crippen LogP contribution is 2.38. The number of hydrogen-bond donors (Lipinski definition) is 0. The molecule has 1 aromatic rings. The number of ether oxygens (including phenoxy) is 2. The number of carbonyl (C=O) groups excluding carboxylic acids is 1. The number of carbonyl (C=O) groups is 1. The van der Waals surface area contributed by atoms with Crippen molar-refractivity contribution in [2.75, 3.05) is 13.2 Å². The van der Waals surface area contributed by atoms with E-state index in [0.717, 1.165) is 6.42 Å². The SMILES string of the molecule is C=C(C)C(=O)OC(CC)C1(c2ccccc2)COC1. The molecule has 3 heteroatoms. The van der Waals surface area contributed by atoms with Crippen molar-refractivity contribution in [2.45, 2.75) is 31.8 Å². The molecule has 1 aliphatic rings. The van der Waals surface area contributed by atoms with Crippen LogP contribution in [0.25, 0.3) is 0 Å². The van der Waals surface area contributed by atoms with Crippen LogP contribution in [-0.2, 0) is 19.7 Å². The van der Waals surface area contributed by atoms with Crippen LogP contribution in [0.5, 0.6) is 0 Å². The molecule has 1 saturated heterocycles. The van der Waals surface area contributed by atoms with Gasteiger partial charge in [-0.2, -0.15) is 0 Å². The molecule has 102 valence electrons. The predicted molar refractivity (Wildman–Crippen MR) is 73.9 cm³/mol. The van der Waals surface area contributed by atoms with E-state index in [1.807, 2.05) is 25.1 Å². The van der Waals surface area contributed by atoms with E-state index in [4.69, 9.17) is 9.47 Å². The largest absolute Gasteiger partial charge is 0.458 e. The van der Waals surface area contributed by atoms with E-state index in [2.05, 4.69) is 18.7 Å². The Labute approximate surface area is 114 Å². The zero-order valence-corrected chi connectivity index (χ0v) is 11.5. The van der Waals surface area contributed by atoms with Gasteiger partial charge in [-0.3, -0.25) is 0 Å². The summed E-state index contributed by atoms with van der Waals surface area (Å²) in [6.45, 7) is 8.52. The summed E-state index contributed by atoms with van der Waals surface area (Å²) < 4.78 is 11.0. The average Bonchev–Trinajstić information content (AvgIpc) is 2.37. The van der Waals surface area contributed by atoms with Crippen LogP contribution in [0.2, 0.25) is 0 Å². The molecule has 0 bridgehead atoms. The van der Waals surface area contributed by atoms with E-state index < -0.39 is 0 Å². The third-order valence-corrected chi connectivity index (χ3v) is 3.65. The van der Waals surface area contributed by atoms with Crippen LogP contribution >= 0.6 is 0 Å². The molecule has 0 N–H and O–H groups in total. The van der Waals surface area contributed by atoms with Gasteiger partial charge in [0.25, 0.3) is 0 Å². The Balaban J connectivity index is 2.24. The van der Waals surface area contributed by atoms with Crippen LogP contribution in [0.15, 0.2) is 42.5 Å². The van der Waals surface area contributed by atoms with Crippen molar-refractivity contribution >= 4 is 5.97 Å². The van der Waals surface area contributed by atoms with Gasteiger partial charge in [-0.25, -0.2) is 4.79 Å². The van der Waals surface area contributed by atoms with Gasteiger partial charge in [0.15, 0.2) is 0 Å². The quantitative estimate of drug-likeness (QED) is 0.603. The van der Waals surface area contributed by atoms with E-state index in [1.54, 1.807) is 6.92 Å². The lowest BCUT2D eigenvalue weighted by atomic mass is 9.73. The maximum atomic E-state index is 11.8. The number of benzene rings is 1. The van der Waals surface area contributed by atoms with Gasteiger partial charge in [0, 0.05) is 5.57 Å². The zero-order valence-electron chi connectivity index (χ0n) is 11.5. The zero-order chi connectivity index (χ0) is 13.9. The van der Waals surface area contributed by atoms with Crippen LogP contribution in [0.3, 0.4) is 0 Å². The predicted octanol–water partition coefficient (Wildman–Crippen LogP) is 2.85. The van der Waals surface area contributed by atoms with Gasteiger partial charge in [0.2, 0.25) is 0 Å². The summed E-state index contributed by atoms with van der Waals surface area (Å²) in [5.74, 6) is -0.325. The first-order valence-corrected chi connectivity index (χ1v) is 6.60. The molecule has 0 saturated carbocycles. The van der Waals surface area contributed by atoms with Crippen molar-refractivity contribution in [3.05, 3.63) is 48.0 Å². The number of esters is 1. The van der Waals surface area contributed by atoms with Crippen LogP contribution in [0, 0.1) is 0 Å². The standard InChI is InChI=1S/C16H20O3/c1-4-14(19-15(17)12(2)3)16(10-18-11-16)13-8-6-5-7-9-13/h5-9,14H,2,4,10-11H2,1,3H3. The molecule has 0 spiro atoms. The molecule has 1 fully saturated rings. The molecular formula is C16H20O3. The van der Waals surface area contributed by atoms with Crippen molar-refractivity contribution < 1.29 is 14.3 Å². The van der Waals surface area contributed by atoms with Gasteiger partial charge >= 0.3 is 5.97 Å². The summed E-state index contributed by atoms with van der Waals surface area (Å²) in [4.78, 5) is 11.8. The second kappa shape index (κ2) is 5.57. The summed E-state index contributed by atoms with van der Waals surface area (Å²) in [6.07, 6.45) is 0.588. The van der Waals surface area contributed by atoms with Crippen molar-refractivity contribution in [3.8, 4) is 0 Å². The number of hydrogen-bond acceptors (Lipinski definition) is 3. The molecule has 3 nitrogen and oxygen atoms in total. The fourth-order valence-corrected chi connectivity index (χ4v) is 2.45. The lowest BCUT2D eigenvalue weighted by Gasteiger charge is -2.46. The third-order valence-electron chi connectivity index (χ3n) is 3.65. The lowest BCUT2D eigenvalue weighted by molar-refractivity contribution is -0.167. The van der Waals surface area contributed by atoms with Gasteiger partial charge < -0.3 is 9.47 Å². The summed E-state index contributed by atoms with van der Waals surface area (Å²) >= 11 is 0. The minimum Gasteiger partial charge on any atom is -0.458 e. The van der Waals surface area contributed by atoms with Crippen LogP contribution < -0.4 is 0 Å². The molecule has 0 aliphatic carbocycles. The molecule has 1 aliphatic heterocycles. The van der Waals surface area contributed by atoms with Crippen LogP contribution in [-0.4, -0.2) is 25.3 Å². The fraction of sp³-hybridized carbons (Fsp3) is 0.438. The van der Waals surface area contributed by atoms with Crippen molar-refractivity contribution in [1.82, 2.24) is 0 Å². The first kappa shape index (κ1) is 13.8. The second-order valence-corrected chi connectivity index (χ2v) is 5.10. The molecule has 1 unspecified atom stereocenters. The first-order chi connectivity index (χ1) is 9.10. The van der Waals surface area contributed by atoms with E-state index in [9.17, 15) is 4.79 Å². The average molecular weight is 260 g/mol. The van der Waals surface area contributed by atoms with Gasteiger partial charge in [0.05, 0.1) is 18.6 Å². The minimum absolute atomic E-state index is 0.173. The Morgan fingerprint density at radius 3 is 2.47 bits per heavy atom. The van der Waals surface area contributed by atoms with E-state index in [-0.39, 0.29) is 17.5 Å². The van der Waals surface area contributed by atoms with Crippen LogP contribution in [0.1, 0.15) is 25.8 Å². The topological polar surface area (TPSA) is 35.5 Å². The van der Waals surface area contributed by atoms with Crippen molar-refractivity contribution in [1.29, 1.82) is 0 Å². The maximum Gasteiger partial charge on any atom is 0.333 e. The highest BCUT2D eigenvalue weighted by molar-refractivity contribution is 5.87. The molecule has 0 aromatic heterocycles. The highest BCUT2D eigenvalue weighted by Gasteiger charge is 2.48. The molecule has 1 atom stereocenters. The molecule has 1 heterocycles. The van der Waals surface area contributed by atoms with Crippen molar-refractivity contribution in [3.63, 3.8) is 0 Å². The monoisotopic (exact) mass is 260 g/mol. The maximum absolute atomic E-state index is 11.8. The summed E-state index contributed by atoms with van der Waals surface area (Å²) in [5.41, 5.74) is 1.39. The molecule has 19 heavy (non-hydrogen) atoms. The second-order valence-electron chi connectivity index (χ2n) is 5.10. The summed E-state index contributed by atoms with van der Waals surface area (Å²) in [7, 11) is 0. The lowest BCUT2D eigenvalue weighted by Crippen LogP contribution is -2.56. The molecule has 0 radical (unpaired) electrons. The molecule has 2 rings (SSSR count). The van der Waals surface area contributed by atoms with Crippen molar-refractivity contribution in [2.24, 2.45) is 0 Å². The Morgan fingerprint density at radius 1 is 1.42 bits per heavy atom. The summed E-state index contributed by atoms with van der Waals surface area (Å²) in [6, 6.07) is 10.1. The smallest absolute Gasteiger partial charge is 0.333 e. The Bertz CT molecular complexity index is 460. The molecule has 1 aromatic carbocycles. The molecular weight excluding hydrogens is 240 g/mol. The van der Waals surface area contributed by atoms with Gasteiger partial charge in [-0.1, -0.05) is 43.8 Å². The Hall–Kier alpha value is -1.61. The van der Waals surface area contributed by atoms with E-state index >= 15 is 0 Å². The molecule has 0 amide bonds. The van der Waals surface area contributed by atoms with Gasteiger partial charge in [-0.15, -0.1) is 0 Å². The highest BCUT2D eigenvalue weighted by atomic mass is 16.6.